The fourth-order valence-electron chi connectivity index (χ4n) is 3.14. The minimum atomic E-state index is 0.364. The van der Waals surface area contributed by atoms with Gasteiger partial charge in [-0.2, -0.15) is 0 Å². The van der Waals surface area contributed by atoms with Crippen LogP contribution in [-0.4, -0.2) is 43.4 Å². The van der Waals surface area contributed by atoms with Crippen molar-refractivity contribution in [2.75, 3.05) is 33.8 Å². The van der Waals surface area contributed by atoms with E-state index in [9.17, 15) is 0 Å². The predicted octanol–water partition coefficient (Wildman–Crippen LogP) is 5.54. The van der Waals surface area contributed by atoms with E-state index in [2.05, 4.69) is 21.0 Å². The molecule has 0 saturated heterocycles. The first kappa shape index (κ1) is 21.9. The van der Waals surface area contributed by atoms with E-state index >= 15 is 0 Å². The van der Waals surface area contributed by atoms with Gasteiger partial charge < -0.3 is 9.59 Å². The van der Waals surface area contributed by atoms with Crippen LogP contribution >= 0.6 is 0 Å². The number of nitrogens with zero attached hydrogens (tertiary/aromatic N) is 1. The number of aliphatic hydroxyl groups is 1. The van der Waals surface area contributed by atoms with Crippen molar-refractivity contribution < 1.29 is 9.59 Å². The lowest BCUT2D eigenvalue weighted by atomic mass is 10.1. The lowest BCUT2D eigenvalue weighted by Gasteiger charge is -2.30. The largest absolute Gasteiger partial charge is 0.396 e. The quantitative estimate of drug-likeness (QED) is 0.276. The maximum absolute atomic E-state index is 8.75. The molecule has 2 nitrogen and oxygen atoms in total. The summed E-state index contributed by atoms with van der Waals surface area (Å²) < 4.78 is 1.20. The van der Waals surface area contributed by atoms with Crippen molar-refractivity contribution in [2.45, 2.75) is 96.8 Å². The van der Waals surface area contributed by atoms with E-state index in [0.29, 0.717) is 6.61 Å². The van der Waals surface area contributed by atoms with Crippen molar-refractivity contribution in [3.63, 3.8) is 0 Å². The first-order valence-corrected chi connectivity index (χ1v) is 10.1. The van der Waals surface area contributed by atoms with Crippen LogP contribution in [0.4, 0.5) is 0 Å². The summed E-state index contributed by atoms with van der Waals surface area (Å²) in [7, 11) is 4.79. The Morgan fingerprint density at radius 1 is 0.545 bits per heavy atom. The van der Waals surface area contributed by atoms with E-state index in [1.807, 2.05) is 0 Å². The number of rotatable bonds is 17. The van der Waals surface area contributed by atoms with E-state index in [-0.39, 0.29) is 0 Å². The molecule has 1 N–H and O–H groups in total. The number of hydrogen-bond donors (Lipinski definition) is 1. The third kappa shape index (κ3) is 16.3. The summed E-state index contributed by atoms with van der Waals surface area (Å²) in [6.45, 7) is 5.33. The molecule has 0 aliphatic carbocycles. The second kappa shape index (κ2) is 15.8. The fourth-order valence-corrected chi connectivity index (χ4v) is 3.14. The molecular weight excluding hydrogens is 270 g/mol. The van der Waals surface area contributed by atoms with Crippen LogP contribution in [0.5, 0.6) is 0 Å². The van der Waals surface area contributed by atoms with Crippen LogP contribution in [0.25, 0.3) is 0 Å². The fraction of sp³-hybridized carbons (Fsp3) is 1.00. The van der Waals surface area contributed by atoms with E-state index < -0.39 is 0 Å². The Morgan fingerprint density at radius 2 is 0.909 bits per heavy atom. The highest BCUT2D eigenvalue weighted by Crippen LogP contribution is 2.12. The van der Waals surface area contributed by atoms with Gasteiger partial charge in [-0.15, -0.1) is 0 Å². The smallest absolute Gasteiger partial charge is 0.0782 e. The molecular formula is C20H44NO+. The van der Waals surface area contributed by atoms with Gasteiger partial charge >= 0.3 is 0 Å². The molecule has 0 fully saturated rings. The molecule has 0 aromatic rings. The monoisotopic (exact) mass is 314 g/mol. The summed E-state index contributed by atoms with van der Waals surface area (Å²) in [5, 5.41) is 8.75. The summed E-state index contributed by atoms with van der Waals surface area (Å²) in [5.41, 5.74) is 0. The zero-order chi connectivity index (χ0) is 16.5. The third-order valence-electron chi connectivity index (χ3n) is 4.79. The maximum Gasteiger partial charge on any atom is 0.0782 e. The molecule has 0 radical (unpaired) electrons. The topological polar surface area (TPSA) is 20.2 Å². The Labute approximate surface area is 140 Å². The van der Waals surface area contributed by atoms with Crippen LogP contribution < -0.4 is 0 Å². The molecule has 0 rings (SSSR count). The van der Waals surface area contributed by atoms with Crippen molar-refractivity contribution in [1.82, 2.24) is 0 Å². The number of aliphatic hydroxyl groups excluding tert-OH is 1. The van der Waals surface area contributed by atoms with E-state index in [0.717, 1.165) is 6.42 Å². The van der Waals surface area contributed by atoms with Gasteiger partial charge in [-0.25, -0.2) is 0 Å². The Hall–Kier alpha value is -0.0800. The molecule has 0 atom stereocenters. The summed E-state index contributed by atoms with van der Waals surface area (Å²) in [6.07, 6.45) is 18.9. The van der Waals surface area contributed by atoms with Gasteiger partial charge in [0.15, 0.2) is 0 Å². The van der Waals surface area contributed by atoms with Crippen molar-refractivity contribution in [3.8, 4) is 0 Å². The molecule has 2 heteroatoms. The Morgan fingerprint density at radius 3 is 1.32 bits per heavy atom. The molecule has 0 bridgehead atoms. The first-order chi connectivity index (χ1) is 10.6. The number of quaternary nitrogens is 1. The lowest BCUT2D eigenvalue weighted by Crippen LogP contribution is -2.41. The highest BCUT2D eigenvalue weighted by Gasteiger charge is 2.13. The van der Waals surface area contributed by atoms with Crippen LogP contribution in [0.3, 0.4) is 0 Å². The molecule has 0 unspecified atom stereocenters. The second-order valence-electron chi connectivity index (χ2n) is 7.70. The molecule has 0 heterocycles. The minimum Gasteiger partial charge on any atom is -0.396 e. The molecule has 22 heavy (non-hydrogen) atoms. The Bertz CT molecular complexity index is 216. The van der Waals surface area contributed by atoms with E-state index in [1.165, 1.54) is 101 Å². The molecule has 0 saturated carbocycles. The normalized spacial score (nSPS) is 12.0. The van der Waals surface area contributed by atoms with Gasteiger partial charge in [-0.3, -0.25) is 0 Å². The first-order valence-electron chi connectivity index (χ1n) is 10.1. The van der Waals surface area contributed by atoms with Gasteiger partial charge in [-0.1, -0.05) is 64.7 Å². The molecule has 0 amide bonds. The van der Waals surface area contributed by atoms with Crippen LogP contribution in [0, 0.1) is 0 Å². The summed E-state index contributed by atoms with van der Waals surface area (Å²) in [5.74, 6) is 0. The average molecular weight is 315 g/mol. The highest BCUT2D eigenvalue weighted by atomic mass is 16.2. The van der Waals surface area contributed by atoms with Crippen LogP contribution in [0.2, 0.25) is 0 Å². The molecule has 0 aliphatic heterocycles. The van der Waals surface area contributed by atoms with Crippen LogP contribution in [0.1, 0.15) is 96.8 Å². The average Bonchev–Trinajstić information content (AvgIpc) is 2.49. The summed E-state index contributed by atoms with van der Waals surface area (Å²) in [4.78, 5) is 0. The van der Waals surface area contributed by atoms with Crippen molar-refractivity contribution in [1.29, 1.82) is 0 Å². The van der Waals surface area contributed by atoms with Gasteiger partial charge in [0.1, 0.15) is 0 Å². The van der Waals surface area contributed by atoms with Crippen molar-refractivity contribution >= 4 is 0 Å². The molecule has 134 valence electrons. The van der Waals surface area contributed by atoms with E-state index in [1.54, 1.807) is 0 Å². The summed E-state index contributed by atoms with van der Waals surface area (Å²) >= 11 is 0. The van der Waals surface area contributed by atoms with Crippen molar-refractivity contribution in [2.24, 2.45) is 0 Å². The number of unbranched alkanes of at least 4 members (excludes halogenated alkanes) is 12. The number of hydrogen-bond acceptors (Lipinski definition) is 1. The zero-order valence-electron chi connectivity index (χ0n) is 15.9. The van der Waals surface area contributed by atoms with Crippen LogP contribution in [-0.2, 0) is 0 Å². The Kier molecular flexibility index (Phi) is 15.7. The van der Waals surface area contributed by atoms with Crippen molar-refractivity contribution in [3.05, 3.63) is 0 Å². The zero-order valence-corrected chi connectivity index (χ0v) is 15.9. The maximum atomic E-state index is 8.75. The standard InChI is InChI=1S/C20H44NO/c1-4-5-6-7-8-9-12-15-18-21(2,3)19-16-13-10-11-14-17-20-22/h22H,4-20H2,1-3H3/q+1. The minimum absolute atomic E-state index is 0.364. The second-order valence-corrected chi connectivity index (χ2v) is 7.70. The molecule has 0 aromatic carbocycles. The van der Waals surface area contributed by atoms with Crippen LogP contribution in [0.15, 0.2) is 0 Å². The third-order valence-corrected chi connectivity index (χ3v) is 4.79. The van der Waals surface area contributed by atoms with Gasteiger partial charge in [-0.05, 0) is 32.1 Å². The molecule has 0 aliphatic rings. The molecule has 0 spiro atoms. The highest BCUT2D eigenvalue weighted by molar-refractivity contribution is 4.48. The predicted molar refractivity (Wildman–Crippen MR) is 99.2 cm³/mol. The lowest BCUT2D eigenvalue weighted by molar-refractivity contribution is -0.890. The Balaban J connectivity index is 3.34. The summed E-state index contributed by atoms with van der Waals surface area (Å²) in [6, 6.07) is 0. The molecule has 0 aromatic heterocycles. The van der Waals surface area contributed by atoms with E-state index in [4.69, 9.17) is 5.11 Å². The van der Waals surface area contributed by atoms with Gasteiger partial charge in [0.05, 0.1) is 27.2 Å². The van der Waals surface area contributed by atoms with Gasteiger partial charge in [0, 0.05) is 6.61 Å². The van der Waals surface area contributed by atoms with Gasteiger partial charge in [0.25, 0.3) is 0 Å². The van der Waals surface area contributed by atoms with Gasteiger partial charge in [0.2, 0.25) is 0 Å². The SMILES string of the molecule is CCCCCCCCCC[N+](C)(C)CCCCCCCCO.